The van der Waals surface area contributed by atoms with Crippen LogP contribution in [-0.4, -0.2) is 37.6 Å². The third-order valence-electron chi connectivity index (χ3n) is 3.65. The van der Waals surface area contributed by atoms with Crippen LogP contribution in [0, 0.1) is 19.7 Å². The van der Waals surface area contributed by atoms with Crippen LogP contribution in [0.3, 0.4) is 0 Å². The fourth-order valence-electron chi connectivity index (χ4n) is 2.45. The molecule has 1 saturated heterocycles. The van der Waals surface area contributed by atoms with Gasteiger partial charge in [0.1, 0.15) is 5.82 Å². The van der Waals surface area contributed by atoms with E-state index >= 15 is 0 Å². The van der Waals surface area contributed by atoms with E-state index in [4.69, 9.17) is 0 Å². The molecule has 0 saturated carbocycles. The van der Waals surface area contributed by atoms with Gasteiger partial charge < -0.3 is 10.2 Å². The molecule has 0 spiro atoms. The number of piperazine rings is 1. The van der Waals surface area contributed by atoms with E-state index in [1.807, 2.05) is 13.0 Å². The van der Waals surface area contributed by atoms with Crippen LogP contribution in [-0.2, 0) is 6.42 Å². The summed E-state index contributed by atoms with van der Waals surface area (Å²) in [6.45, 7) is 9.34. The number of benzene rings is 1. The first kappa shape index (κ1) is 12.5. The normalized spacial score (nSPS) is 17.4. The number of hydrogen-bond donors (Lipinski definition) is 1. The van der Waals surface area contributed by atoms with Gasteiger partial charge in [-0.1, -0.05) is 6.07 Å². The molecule has 3 heteroatoms. The van der Waals surface area contributed by atoms with Crippen molar-refractivity contribution in [1.82, 2.24) is 10.2 Å². The first-order valence-electron chi connectivity index (χ1n) is 6.36. The van der Waals surface area contributed by atoms with E-state index in [1.165, 1.54) is 11.1 Å². The Morgan fingerprint density at radius 2 is 1.94 bits per heavy atom. The number of aryl methyl sites for hydroxylation is 1. The number of nitrogens with zero attached hydrogens (tertiary/aromatic N) is 1. The summed E-state index contributed by atoms with van der Waals surface area (Å²) in [4.78, 5) is 2.44. The summed E-state index contributed by atoms with van der Waals surface area (Å²) in [6.07, 6.45) is 0.954. The van der Waals surface area contributed by atoms with Crippen LogP contribution >= 0.6 is 0 Å². The van der Waals surface area contributed by atoms with Gasteiger partial charge in [-0.2, -0.15) is 0 Å². The molecule has 0 unspecified atom stereocenters. The summed E-state index contributed by atoms with van der Waals surface area (Å²) in [5.41, 5.74) is 3.21. The van der Waals surface area contributed by atoms with E-state index in [2.05, 4.69) is 17.1 Å². The van der Waals surface area contributed by atoms with Crippen molar-refractivity contribution < 1.29 is 4.39 Å². The molecule has 0 aromatic heterocycles. The zero-order valence-electron chi connectivity index (χ0n) is 10.7. The third-order valence-corrected chi connectivity index (χ3v) is 3.65. The molecule has 1 aliphatic rings. The molecule has 0 atom stereocenters. The van der Waals surface area contributed by atoms with Gasteiger partial charge in [0.25, 0.3) is 0 Å². The lowest BCUT2D eigenvalue weighted by molar-refractivity contribution is 0.243. The predicted octanol–water partition coefficient (Wildman–Crippen LogP) is 1.89. The number of halogens is 1. The highest BCUT2D eigenvalue weighted by Crippen LogP contribution is 2.18. The van der Waals surface area contributed by atoms with E-state index in [0.717, 1.165) is 44.7 Å². The highest BCUT2D eigenvalue weighted by atomic mass is 19.1. The minimum Gasteiger partial charge on any atom is -0.314 e. The number of nitrogens with one attached hydrogen (secondary N) is 1. The minimum absolute atomic E-state index is 0.0779. The average Bonchev–Trinajstić information content (AvgIpc) is 2.35. The maximum absolute atomic E-state index is 13.5. The van der Waals surface area contributed by atoms with Crippen LogP contribution in [0.4, 0.5) is 4.39 Å². The standard InChI is InChI=1S/C14H21FN2/c1-11-3-4-14(15)12(2)13(11)5-8-17-9-6-16-7-10-17/h3-4,16H,5-10H2,1-2H3. The SMILES string of the molecule is Cc1ccc(F)c(C)c1CCN1CCNCC1. The van der Waals surface area contributed by atoms with Gasteiger partial charge in [-0.3, -0.25) is 0 Å². The van der Waals surface area contributed by atoms with E-state index in [1.54, 1.807) is 6.07 Å². The van der Waals surface area contributed by atoms with E-state index in [9.17, 15) is 4.39 Å². The van der Waals surface area contributed by atoms with Gasteiger partial charge >= 0.3 is 0 Å². The Kier molecular flexibility index (Phi) is 4.13. The summed E-state index contributed by atoms with van der Waals surface area (Å²) in [6, 6.07) is 3.45. The number of hydrogen-bond acceptors (Lipinski definition) is 2. The van der Waals surface area contributed by atoms with Crippen molar-refractivity contribution in [3.63, 3.8) is 0 Å². The smallest absolute Gasteiger partial charge is 0.126 e. The van der Waals surface area contributed by atoms with Gasteiger partial charge in [0.05, 0.1) is 0 Å². The van der Waals surface area contributed by atoms with E-state index in [0.29, 0.717) is 0 Å². The van der Waals surface area contributed by atoms with Gasteiger partial charge in [0, 0.05) is 32.7 Å². The van der Waals surface area contributed by atoms with Gasteiger partial charge in [-0.05, 0) is 43.0 Å². The van der Waals surface area contributed by atoms with Gasteiger partial charge in [0.15, 0.2) is 0 Å². The average molecular weight is 236 g/mol. The lowest BCUT2D eigenvalue weighted by Crippen LogP contribution is -2.44. The van der Waals surface area contributed by atoms with Crippen molar-refractivity contribution in [2.75, 3.05) is 32.7 Å². The maximum Gasteiger partial charge on any atom is 0.126 e. The Hall–Kier alpha value is -0.930. The highest BCUT2D eigenvalue weighted by molar-refractivity contribution is 5.34. The third kappa shape index (κ3) is 3.05. The molecule has 17 heavy (non-hydrogen) atoms. The molecule has 1 aliphatic heterocycles. The fourth-order valence-corrected chi connectivity index (χ4v) is 2.45. The molecule has 1 heterocycles. The van der Waals surface area contributed by atoms with Crippen LogP contribution in [0.25, 0.3) is 0 Å². The van der Waals surface area contributed by atoms with Crippen molar-refractivity contribution in [1.29, 1.82) is 0 Å². The zero-order chi connectivity index (χ0) is 12.3. The minimum atomic E-state index is -0.0779. The second-order valence-corrected chi connectivity index (χ2v) is 4.81. The van der Waals surface area contributed by atoms with Crippen molar-refractivity contribution in [2.24, 2.45) is 0 Å². The molecular formula is C14H21FN2. The Morgan fingerprint density at radius 1 is 1.24 bits per heavy atom. The van der Waals surface area contributed by atoms with Gasteiger partial charge in [-0.15, -0.1) is 0 Å². The molecule has 2 rings (SSSR count). The Morgan fingerprint density at radius 3 is 2.65 bits per heavy atom. The van der Waals surface area contributed by atoms with Gasteiger partial charge in [0.2, 0.25) is 0 Å². The molecule has 1 aromatic carbocycles. The lowest BCUT2D eigenvalue weighted by Gasteiger charge is -2.27. The highest BCUT2D eigenvalue weighted by Gasteiger charge is 2.12. The predicted molar refractivity (Wildman–Crippen MR) is 68.9 cm³/mol. The monoisotopic (exact) mass is 236 g/mol. The van der Waals surface area contributed by atoms with Crippen molar-refractivity contribution in [3.8, 4) is 0 Å². The molecule has 2 nitrogen and oxygen atoms in total. The summed E-state index contributed by atoms with van der Waals surface area (Å²) in [7, 11) is 0. The Balaban J connectivity index is 2.00. The second kappa shape index (κ2) is 5.61. The molecular weight excluding hydrogens is 215 g/mol. The van der Waals surface area contributed by atoms with Crippen LogP contribution in [0.2, 0.25) is 0 Å². The quantitative estimate of drug-likeness (QED) is 0.862. The summed E-state index contributed by atoms with van der Waals surface area (Å²) < 4.78 is 13.5. The molecule has 1 aromatic rings. The van der Waals surface area contributed by atoms with Crippen molar-refractivity contribution in [2.45, 2.75) is 20.3 Å². The molecule has 0 radical (unpaired) electrons. The van der Waals surface area contributed by atoms with Crippen LogP contribution < -0.4 is 5.32 Å². The largest absolute Gasteiger partial charge is 0.314 e. The lowest BCUT2D eigenvalue weighted by atomic mass is 9.99. The molecule has 0 aliphatic carbocycles. The Labute approximate surface area is 103 Å². The number of rotatable bonds is 3. The first-order valence-corrected chi connectivity index (χ1v) is 6.36. The zero-order valence-corrected chi connectivity index (χ0v) is 10.7. The van der Waals surface area contributed by atoms with Crippen molar-refractivity contribution in [3.05, 3.63) is 34.6 Å². The first-order chi connectivity index (χ1) is 8.18. The summed E-state index contributed by atoms with van der Waals surface area (Å²) in [5, 5.41) is 3.34. The molecule has 1 fully saturated rings. The van der Waals surface area contributed by atoms with E-state index in [-0.39, 0.29) is 5.82 Å². The van der Waals surface area contributed by atoms with Gasteiger partial charge in [-0.25, -0.2) is 4.39 Å². The molecule has 1 N–H and O–H groups in total. The molecule has 0 amide bonds. The summed E-state index contributed by atoms with van der Waals surface area (Å²) >= 11 is 0. The summed E-state index contributed by atoms with van der Waals surface area (Å²) in [5.74, 6) is -0.0779. The van der Waals surface area contributed by atoms with Crippen LogP contribution in [0.5, 0.6) is 0 Å². The molecule has 94 valence electrons. The van der Waals surface area contributed by atoms with Crippen LogP contribution in [0.1, 0.15) is 16.7 Å². The van der Waals surface area contributed by atoms with E-state index < -0.39 is 0 Å². The second-order valence-electron chi connectivity index (χ2n) is 4.81. The molecule has 0 bridgehead atoms. The topological polar surface area (TPSA) is 15.3 Å². The Bertz CT molecular complexity index is 384. The maximum atomic E-state index is 13.5. The van der Waals surface area contributed by atoms with Crippen molar-refractivity contribution >= 4 is 0 Å². The van der Waals surface area contributed by atoms with Crippen LogP contribution in [0.15, 0.2) is 12.1 Å². The fraction of sp³-hybridized carbons (Fsp3) is 0.571.